The van der Waals surface area contributed by atoms with Crippen molar-refractivity contribution in [2.75, 3.05) is 13.2 Å². The number of aliphatic hydroxyl groups excluding tert-OH is 1. The number of allylic oxidation sites excluding steroid dienone is 8. The first-order valence-electron chi connectivity index (χ1n) is 18.2. The Hall–Kier alpha value is -2.14. The minimum Gasteiger partial charge on any atom is -0.463 e. The third-order valence-corrected chi connectivity index (χ3v) is 7.58. The summed E-state index contributed by atoms with van der Waals surface area (Å²) in [4.78, 5) is 23.8. The van der Waals surface area contributed by atoms with E-state index < -0.39 is 6.10 Å². The molecule has 44 heavy (non-hydrogen) atoms. The molecule has 0 aliphatic heterocycles. The molecule has 0 aliphatic carbocycles. The Morgan fingerprint density at radius 1 is 0.500 bits per heavy atom. The van der Waals surface area contributed by atoms with Crippen molar-refractivity contribution in [2.45, 2.75) is 174 Å². The highest BCUT2D eigenvalue weighted by Gasteiger charge is 2.12. The van der Waals surface area contributed by atoms with Crippen molar-refractivity contribution in [3.63, 3.8) is 0 Å². The maximum Gasteiger partial charge on any atom is 0.305 e. The van der Waals surface area contributed by atoms with Gasteiger partial charge < -0.3 is 14.6 Å². The van der Waals surface area contributed by atoms with Gasteiger partial charge in [0.05, 0.1) is 0 Å². The van der Waals surface area contributed by atoms with Crippen LogP contribution in [0.3, 0.4) is 0 Å². The Balaban J connectivity index is 3.51. The first-order chi connectivity index (χ1) is 21.6. The summed E-state index contributed by atoms with van der Waals surface area (Å²) in [5, 5.41) is 9.98. The number of esters is 2. The number of carbonyl (C=O) groups excluding carboxylic acids is 2. The van der Waals surface area contributed by atoms with Gasteiger partial charge in [-0.2, -0.15) is 0 Å². The smallest absolute Gasteiger partial charge is 0.305 e. The second-order valence-corrected chi connectivity index (χ2v) is 12.0. The second kappa shape index (κ2) is 35.3. The molecule has 0 rings (SSSR count). The van der Waals surface area contributed by atoms with E-state index in [0.29, 0.717) is 12.8 Å². The van der Waals surface area contributed by atoms with Crippen molar-refractivity contribution in [3.05, 3.63) is 48.6 Å². The van der Waals surface area contributed by atoms with Crippen LogP contribution in [0.25, 0.3) is 0 Å². The summed E-state index contributed by atoms with van der Waals surface area (Å²) in [6.07, 6.45) is 43.0. The minimum absolute atomic E-state index is 0.128. The molecule has 0 aromatic rings. The summed E-state index contributed by atoms with van der Waals surface area (Å²) in [6.45, 7) is 4.14. The molecule has 0 saturated carbocycles. The Kier molecular flexibility index (Phi) is 33.6. The van der Waals surface area contributed by atoms with Crippen LogP contribution in [0.1, 0.15) is 168 Å². The van der Waals surface area contributed by atoms with Crippen LogP contribution in [0.5, 0.6) is 0 Å². The Bertz CT molecular complexity index is 752. The number of unbranched alkanes of at least 4 members (excludes halogenated alkanes) is 16. The van der Waals surface area contributed by atoms with Crippen LogP contribution in [0.4, 0.5) is 0 Å². The monoisotopic (exact) mass is 617 g/mol. The largest absolute Gasteiger partial charge is 0.463 e. The van der Waals surface area contributed by atoms with Gasteiger partial charge in [0.25, 0.3) is 0 Å². The van der Waals surface area contributed by atoms with E-state index in [0.717, 1.165) is 64.2 Å². The number of carbonyl (C=O) groups is 2. The zero-order chi connectivity index (χ0) is 32.2. The van der Waals surface area contributed by atoms with Crippen LogP contribution in [0, 0.1) is 0 Å². The van der Waals surface area contributed by atoms with Crippen molar-refractivity contribution in [3.8, 4) is 0 Å². The topological polar surface area (TPSA) is 72.8 Å². The van der Waals surface area contributed by atoms with Crippen molar-refractivity contribution < 1.29 is 24.2 Å². The zero-order valence-electron chi connectivity index (χ0n) is 28.7. The van der Waals surface area contributed by atoms with E-state index in [2.05, 4.69) is 62.5 Å². The van der Waals surface area contributed by atoms with E-state index in [1.54, 1.807) is 0 Å². The Morgan fingerprint density at radius 2 is 0.864 bits per heavy atom. The number of hydrogen-bond donors (Lipinski definition) is 1. The zero-order valence-corrected chi connectivity index (χ0v) is 28.7. The van der Waals surface area contributed by atoms with Gasteiger partial charge in [-0.3, -0.25) is 9.59 Å². The number of hydrogen-bond acceptors (Lipinski definition) is 5. The van der Waals surface area contributed by atoms with Gasteiger partial charge in [0, 0.05) is 12.8 Å². The standard InChI is InChI=1S/C39H68O5/c1-3-5-7-9-11-13-15-17-19-21-23-25-27-29-31-33-38(41)43-35-37(40)36-44-39(42)34-32-30-28-26-24-22-20-18-16-14-12-10-8-6-4-2/h5,7,11,13,17,19,23,25,37,40H,3-4,6,8-10,12,14-16,18,20-22,24,26-36H2,1-2H3/b7-5-,13-11-,19-17-,25-23-/t37-/m0/s1. The summed E-state index contributed by atoms with van der Waals surface area (Å²) in [5.41, 5.74) is 0. The summed E-state index contributed by atoms with van der Waals surface area (Å²) in [5.74, 6) is -0.612. The third-order valence-electron chi connectivity index (χ3n) is 7.58. The normalized spacial score (nSPS) is 12.7. The lowest BCUT2D eigenvalue weighted by molar-refractivity contribution is -0.152. The maximum absolute atomic E-state index is 11.9. The molecule has 0 fully saturated rings. The SMILES string of the molecule is CC/C=C\C/C=C\C/C=C\C/C=C\CCCCC(=O)OC[C@H](O)COC(=O)CCCCCCCCCCCCCCCCC. The Morgan fingerprint density at radius 3 is 1.30 bits per heavy atom. The van der Waals surface area contributed by atoms with E-state index in [9.17, 15) is 14.7 Å². The molecule has 0 radical (unpaired) electrons. The molecule has 1 N–H and O–H groups in total. The summed E-state index contributed by atoms with van der Waals surface area (Å²) >= 11 is 0. The summed E-state index contributed by atoms with van der Waals surface area (Å²) in [7, 11) is 0. The highest BCUT2D eigenvalue weighted by molar-refractivity contribution is 5.69. The van der Waals surface area contributed by atoms with Gasteiger partial charge in [0.2, 0.25) is 0 Å². The molecule has 5 heteroatoms. The van der Waals surface area contributed by atoms with Gasteiger partial charge in [0.1, 0.15) is 19.3 Å². The van der Waals surface area contributed by atoms with Crippen molar-refractivity contribution >= 4 is 11.9 Å². The van der Waals surface area contributed by atoms with Gasteiger partial charge in [-0.1, -0.05) is 152 Å². The van der Waals surface area contributed by atoms with Crippen molar-refractivity contribution in [2.24, 2.45) is 0 Å². The van der Waals surface area contributed by atoms with Crippen LogP contribution in [-0.2, 0) is 19.1 Å². The maximum atomic E-state index is 11.9. The number of rotatable bonds is 32. The van der Waals surface area contributed by atoms with E-state index in [1.165, 1.54) is 77.0 Å². The van der Waals surface area contributed by atoms with Crippen LogP contribution in [0.15, 0.2) is 48.6 Å². The van der Waals surface area contributed by atoms with Crippen LogP contribution >= 0.6 is 0 Å². The highest BCUT2D eigenvalue weighted by Crippen LogP contribution is 2.14. The molecule has 0 amide bonds. The van der Waals surface area contributed by atoms with Crippen LogP contribution in [0.2, 0.25) is 0 Å². The molecule has 0 aromatic heterocycles. The molecule has 1 atom stereocenters. The molecule has 0 aliphatic rings. The lowest BCUT2D eigenvalue weighted by Gasteiger charge is -2.12. The van der Waals surface area contributed by atoms with Crippen molar-refractivity contribution in [1.29, 1.82) is 0 Å². The average molecular weight is 617 g/mol. The first kappa shape index (κ1) is 41.9. The third kappa shape index (κ3) is 34.4. The molecule has 0 spiro atoms. The molecular weight excluding hydrogens is 548 g/mol. The fourth-order valence-corrected chi connectivity index (χ4v) is 4.84. The molecule has 0 saturated heterocycles. The molecule has 5 nitrogen and oxygen atoms in total. The predicted octanol–water partition coefficient (Wildman–Crippen LogP) is 11.1. The first-order valence-corrected chi connectivity index (χ1v) is 18.2. The fourth-order valence-electron chi connectivity index (χ4n) is 4.84. The minimum atomic E-state index is -0.978. The quantitative estimate of drug-likeness (QED) is 0.0462. The van der Waals surface area contributed by atoms with Gasteiger partial charge in [-0.05, 0) is 51.4 Å². The number of ether oxygens (including phenoxy) is 2. The number of aliphatic hydroxyl groups is 1. The fraction of sp³-hybridized carbons (Fsp3) is 0.744. The van der Waals surface area contributed by atoms with Gasteiger partial charge >= 0.3 is 11.9 Å². The summed E-state index contributed by atoms with van der Waals surface area (Å²) in [6, 6.07) is 0. The van der Waals surface area contributed by atoms with E-state index in [1.807, 2.05) is 0 Å². The molecular formula is C39H68O5. The lowest BCUT2D eigenvalue weighted by atomic mass is 10.0. The lowest BCUT2D eigenvalue weighted by Crippen LogP contribution is -2.25. The van der Waals surface area contributed by atoms with Gasteiger partial charge in [-0.25, -0.2) is 0 Å². The van der Waals surface area contributed by atoms with Gasteiger partial charge in [-0.15, -0.1) is 0 Å². The summed E-state index contributed by atoms with van der Waals surface area (Å²) < 4.78 is 10.3. The van der Waals surface area contributed by atoms with Crippen molar-refractivity contribution in [1.82, 2.24) is 0 Å². The van der Waals surface area contributed by atoms with E-state index >= 15 is 0 Å². The molecule has 254 valence electrons. The average Bonchev–Trinajstić information content (AvgIpc) is 3.02. The molecule has 0 unspecified atom stereocenters. The predicted molar refractivity (Wildman–Crippen MR) is 187 cm³/mol. The van der Waals surface area contributed by atoms with Gasteiger partial charge in [0.15, 0.2) is 0 Å². The molecule has 0 heterocycles. The van der Waals surface area contributed by atoms with E-state index in [-0.39, 0.29) is 25.2 Å². The molecule has 0 aromatic carbocycles. The Labute approximate surface area is 271 Å². The second-order valence-electron chi connectivity index (χ2n) is 12.0. The van der Waals surface area contributed by atoms with E-state index in [4.69, 9.17) is 9.47 Å². The molecule has 0 bridgehead atoms. The highest BCUT2D eigenvalue weighted by atomic mass is 16.6. The van der Waals surface area contributed by atoms with Crippen LogP contribution in [-0.4, -0.2) is 36.4 Å². The van der Waals surface area contributed by atoms with Crippen LogP contribution < -0.4 is 0 Å².